The Kier molecular flexibility index (Phi) is 6.06. The number of hydrogen-bond donors (Lipinski definition) is 0. The summed E-state index contributed by atoms with van der Waals surface area (Å²) < 4.78 is 11.5. The van der Waals surface area contributed by atoms with Crippen molar-refractivity contribution in [2.24, 2.45) is 5.41 Å². The van der Waals surface area contributed by atoms with Crippen LogP contribution in [0, 0.1) is 5.41 Å². The number of rotatable bonds is 5. The first-order valence-electron chi connectivity index (χ1n) is 13.7. The Morgan fingerprint density at radius 3 is 2.14 bits per heavy atom. The van der Waals surface area contributed by atoms with Gasteiger partial charge in [-0.2, -0.15) is 0 Å². The van der Waals surface area contributed by atoms with Crippen molar-refractivity contribution in [1.82, 2.24) is 0 Å². The number of halogens is 1. The molecule has 42 heavy (non-hydrogen) atoms. The molecule has 1 unspecified atom stereocenters. The summed E-state index contributed by atoms with van der Waals surface area (Å²) in [6.45, 7) is 0. The van der Waals surface area contributed by atoms with Gasteiger partial charge in [0.25, 0.3) is 0 Å². The van der Waals surface area contributed by atoms with Crippen molar-refractivity contribution in [3.05, 3.63) is 130 Å². The second-order valence-electron chi connectivity index (χ2n) is 10.7. The quantitative estimate of drug-likeness (QED) is 0.195. The first-order chi connectivity index (χ1) is 20.4. The van der Waals surface area contributed by atoms with Gasteiger partial charge in [-0.25, -0.2) is 0 Å². The fourth-order valence-corrected chi connectivity index (χ4v) is 7.33. The zero-order valence-electron chi connectivity index (χ0n) is 22.9. The Morgan fingerprint density at radius 2 is 1.48 bits per heavy atom. The van der Waals surface area contributed by atoms with Gasteiger partial charge in [0.15, 0.2) is 28.8 Å². The molecule has 0 radical (unpaired) electrons. The highest BCUT2D eigenvalue weighted by atomic mass is 35.5. The van der Waals surface area contributed by atoms with Crippen LogP contribution in [-0.4, -0.2) is 43.7 Å². The van der Waals surface area contributed by atoms with Crippen molar-refractivity contribution < 1.29 is 23.9 Å². The van der Waals surface area contributed by atoms with Crippen molar-refractivity contribution in [2.75, 3.05) is 19.1 Å². The molecule has 1 spiro atoms. The summed E-state index contributed by atoms with van der Waals surface area (Å²) in [7, 11) is 3.06. The highest BCUT2D eigenvalue weighted by Gasteiger charge is 2.72. The Hall–Kier alpha value is -4.68. The molecule has 3 atom stereocenters. The zero-order valence-corrected chi connectivity index (χ0v) is 23.7. The molecule has 3 aliphatic rings. The summed E-state index contributed by atoms with van der Waals surface area (Å²) >= 11 is 6.19. The Morgan fingerprint density at radius 1 is 0.810 bits per heavy atom. The lowest BCUT2D eigenvalue weighted by molar-refractivity contribution is 0.0664. The lowest BCUT2D eigenvalue weighted by Gasteiger charge is -2.37. The normalized spacial score (nSPS) is 21.2. The molecule has 1 aliphatic carbocycles. The molecule has 1 saturated heterocycles. The van der Waals surface area contributed by atoms with Gasteiger partial charge >= 0.3 is 0 Å². The number of para-hydroxylation sites is 2. The highest BCUT2D eigenvalue weighted by Crippen LogP contribution is 2.62. The molecular weight excluding hydrogens is 550 g/mol. The molecule has 2 aliphatic heterocycles. The van der Waals surface area contributed by atoms with E-state index in [2.05, 4.69) is 0 Å². The van der Waals surface area contributed by atoms with Crippen LogP contribution in [-0.2, 0) is 0 Å². The molecule has 0 saturated carbocycles. The van der Waals surface area contributed by atoms with Gasteiger partial charge in [-0.15, -0.1) is 0 Å². The van der Waals surface area contributed by atoms with Gasteiger partial charge in [0, 0.05) is 38.9 Å². The van der Waals surface area contributed by atoms with Crippen LogP contribution in [0.25, 0.3) is 6.08 Å². The van der Waals surface area contributed by atoms with E-state index in [0.717, 1.165) is 11.3 Å². The molecule has 2 heterocycles. The molecule has 0 bridgehead atoms. The third-order valence-electron chi connectivity index (χ3n) is 8.88. The van der Waals surface area contributed by atoms with Gasteiger partial charge in [-0.05, 0) is 42.0 Å². The van der Waals surface area contributed by atoms with Gasteiger partial charge in [0.05, 0.1) is 20.3 Å². The third-order valence-corrected chi connectivity index (χ3v) is 9.13. The number of carbonyl (C=O) groups excluding carboxylic acids is 3. The van der Waals surface area contributed by atoms with Crippen LogP contribution in [0.1, 0.15) is 48.1 Å². The van der Waals surface area contributed by atoms with Gasteiger partial charge in [-0.3, -0.25) is 14.4 Å². The SMILES string of the molecule is COc1cccc([C@@H]2[C@@H](C(=O)c3ccc(Cl)cc3)N3c4ccccc4C=CC3C23C(=O)c2ccccc2C3=O)c1OC. The number of nitrogens with zero attached hydrogens (tertiary/aromatic N) is 1. The van der Waals surface area contributed by atoms with E-state index in [1.165, 1.54) is 14.2 Å². The molecule has 0 N–H and O–H groups in total. The molecule has 0 amide bonds. The number of fused-ring (bicyclic) bond motifs is 5. The van der Waals surface area contributed by atoms with E-state index in [1.807, 2.05) is 47.4 Å². The minimum atomic E-state index is -1.64. The first-order valence-corrected chi connectivity index (χ1v) is 14.1. The number of hydrogen-bond acceptors (Lipinski definition) is 6. The largest absolute Gasteiger partial charge is 0.493 e. The molecule has 7 rings (SSSR count). The van der Waals surface area contributed by atoms with E-state index in [0.29, 0.717) is 38.8 Å². The average Bonchev–Trinajstić information content (AvgIpc) is 3.46. The summed E-state index contributed by atoms with van der Waals surface area (Å²) in [5, 5.41) is 0.501. The predicted octanol–water partition coefficient (Wildman–Crippen LogP) is 6.67. The molecule has 4 aromatic carbocycles. The zero-order chi connectivity index (χ0) is 29.2. The maximum atomic E-state index is 14.8. The number of ether oxygens (including phenoxy) is 2. The van der Waals surface area contributed by atoms with Crippen LogP contribution >= 0.6 is 11.6 Å². The van der Waals surface area contributed by atoms with Crippen LogP contribution in [0.2, 0.25) is 5.02 Å². The smallest absolute Gasteiger partial charge is 0.185 e. The van der Waals surface area contributed by atoms with Crippen LogP contribution in [0.5, 0.6) is 11.5 Å². The van der Waals surface area contributed by atoms with Gasteiger partial charge in [0.2, 0.25) is 0 Å². The lowest BCUT2D eigenvalue weighted by Crippen LogP contribution is -2.48. The Bertz CT molecular complexity index is 1780. The predicted molar refractivity (Wildman–Crippen MR) is 161 cm³/mol. The summed E-state index contributed by atoms with van der Waals surface area (Å²) in [6, 6.07) is 25.1. The number of methoxy groups -OCH3 is 2. The minimum absolute atomic E-state index is 0.231. The van der Waals surface area contributed by atoms with Crippen LogP contribution in [0.15, 0.2) is 97.1 Å². The van der Waals surface area contributed by atoms with Crippen molar-refractivity contribution in [2.45, 2.75) is 18.0 Å². The van der Waals surface area contributed by atoms with Crippen LogP contribution < -0.4 is 14.4 Å². The van der Waals surface area contributed by atoms with Gasteiger partial charge in [-0.1, -0.05) is 78.4 Å². The Labute approximate surface area is 248 Å². The van der Waals surface area contributed by atoms with E-state index >= 15 is 0 Å². The summed E-state index contributed by atoms with van der Waals surface area (Å²) in [5.41, 5.74) is 1.74. The standard InChI is InChI=1S/C35H26ClNO5/c1-41-27-13-7-11-25(32(27)42-2)29-30(31(38)21-14-17-22(36)18-15-21)37-26-12-6-3-8-20(26)16-19-28(37)35(29)33(39)23-9-4-5-10-24(23)34(35)40/h3-19,28-30H,1-2H3/t28?,29-,30+/m1/s1. The maximum absolute atomic E-state index is 14.8. The van der Waals surface area contributed by atoms with Gasteiger partial charge in [0.1, 0.15) is 11.5 Å². The summed E-state index contributed by atoms with van der Waals surface area (Å²) in [5.74, 6) is -0.929. The number of ketones is 3. The third kappa shape index (κ3) is 3.42. The highest BCUT2D eigenvalue weighted by molar-refractivity contribution is 6.32. The summed E-state index contributed by atoms with van der Waals surface area (Å²) in [4.78, 5) is 46.4. The second-order valence-corrected chi connectivity index (χ2v) is 11.2. The van der Waals surface area contributed by atoms with E-state index in [4.69, 9.17) is 21.1 Å². The van der Waals surface area contributed by atoms with Crippen molar-refractivity contribution >= 4 is 40.7 Å². The fourth-order valence-electron chi connectivity index (χ4n) is 7.20. The van der Waals surface area contributed by atoms with Gasteiger partial charge < -0.3 is 14.4 Å². The number of Topliss-reactive ketones (excluding diaryl/α,β-unsaturated/α-hetero) is 3. The molecular formula is C35H26ClNO5. The van der Waals surface area contributed by atoms with Crippen molar-refractivity contribution in [3.8, 4) is 11.5 Å². The van der Waals surface area contributed by atoms with E-state index in [-0.39, 0.29) is 17.3 Å². The molecule has 208 valence electrons. The molecule has 7 heteroatoms. The van der Waals surface area contributed by atoms with E-state index < -0.39 is 23.4 Å². The monoisotopic (exact) mass is 575 g/mol. The van der Waals surface area contributed by atoms with E-state index in [1.54, 1.807) is 60.7 Å². The number of anilines is 1. The van der Waals surface area contributed by atoms with Crippen LogP contribution in [0.4, 0.5) is 5.69 Å². The number of benzene rings is 4. The molecule has 0 aromatic heterocycles. The van der Waals surface area contributed by atoms with Crippen molar-refractivity contribution in [3.63, 3.8) is 0 Å². The minimum Gasteiger partial charge on any atom is -0.493 e. The number of carbonyl (C=O) groups is 3. The second kappa shape index (κ2) is 9.71. The molecule has 1 fully saturated rings. The lowest BCUT2D eigenvalue weighted by atomic mass is 9.64. The fraction of sp³-hybridized carbons (Fsp3) is 0.171. The molecule has 6 nitrogen and oxygen atoms in total. The maximum Gasteiger partial charge on any atom is 0.185 e. The first kappa shape index (κ1) is 26.2. The Balaban J connectivity index is 1.58. The summed E-state index contributed by atoms with van der Waals surface area (Å²) in [6.07, 6.45) is 3.84. The van der Waals surface area contributed by atoms with E-state index in [9.17, 15) is 14.4 Å². The van der Waals surface area contributed by atoms with Crippen LogP contribution in [0.3, 0.4) is 0 Å². The van der Waals surface area contributed by atoms with Crippen molar-refractivity contribution in [1.29, 1.82) is 0 Å². The molecule has 4 aromatic rings. The average molecular weight is 576 g/mol. The topological polar surface area (TPSA) is 72.9 Å².